The van der Waals surface area contributed by atoms with Crippen LogP contribution in [0.2, 0.25) is 0 Å². The average Bonchev–Trinajstić information content (AvgIpc) is 2.05. The highest BCUT2D eigenvalue weighted by Crippen LogP contribution is 1.90. The minimum Gasteiger partial charge on any atom is -0.468 e. The third-order valence-electron chi connectivity index (χ3n) is 1.15. The summed E-state index contributed by atoms with van der Waals surface area (Å²) in [5.74, 6) is 0.593. The summed E-state index contributed by atoms with van der Waals surface area (Å²) in [7, 11) is 1.35. The second kappa shape index (κ2) is 6.76. The summed E-state index contributed by atoms with van der Waals surface area (Å²) in [5.41, 5.74) is 0. The Labute approximate surface area is 76.8 Å². The molecule has 3 nitrogen and oxygen atoms in total. The third-order valence-corrected chi connectivity index (χ3v) is 1.71. The first-order valence-electron chi connectivity index (χ1n) is 3.24. The summed E-state index contributed by atoms with van der Waals surface area (Å²) >= 11 is 9.39. The predicted octanol–water partition coefficient (Wildman–Crippen LogP) is 0.286. The molecule has 0 saturated carbocycles. The lowest BCUT2D eigenvalue weighted by atomic mass is 10.3. The topological polar surface area (TPSA) is 38.3 Å². The minimum atomic E-state index is -0.345. The van der Waals surface area contributed by atoms with E-state index in [2.05, 4.69) is 22.7 Å². The first-order chi connectivity index (χ1) is 5.26. The summed E-state index contributed by atoms with van der Waals surface area (Å²) in [4.78, 5) is 10.9. The van der Waals surface area contributed by atoms with E-state index in [0.29, 0.717) is 18.2 Å². The fraction of sp³-hybridized carbons (Fsp3) is 0.833. The number of alkyl halides is 1. The molecule has 0 aliphatic heterocycles. The molecule has 0 fully saturated rings. The van der Waals surface area contributed by atoms with Crippen molar-refractivity contribution in [1.29, 1.82) is 0 Å². The number of carbonyl (C=O) groups is 1. The lowest BCUT2D eigenvalue weighted by Crippen LogP contribution is -2.40. The van der Waals surface area contributed by atoms with Crippen molar-refractivity contribution in [3.63, 3.8) is 0 Å². The zero-order chi connectivity index (χ0) is 8.69. The van der Waals surface area contributed by atoms with E-state index in [-0.39, 0.29) is 12.0 Å². The van der Waals surface area contributed by atoms with Crippen LogP contribution in [0.3, 0.4) is 0 Å². The first kappa shape index (κ1) is 11.1. The van der Waals surface area contributed by atoms with Gasteiger partial charge in [0.15, 0.2) is 0 Å². The molecule has 0 rings (SSSR count). The molecular formula is C6H12ClNO2S. The van der Waals surface area contributed by atoms with E-state index in [0.717, 1.165) is 0 Å². The summed E-state index contributed by atoms with van der Waals surface area (Å²) < 4.78 is 4.51. The SMILES string of the molecule is COC(=O)[C@H](CS)NCCCl. The Morgan fingerprint density at radius 2 is 2.45 bits per heavy atom. The van der Waals surface area contributed by atoms with Crippen molar-refractivity contribution < 1.29 is 9.53 Å². The van der Waals surface area contributed by atoms with Gasteiger partial charge < -0.3 is 10.1 Å². The zero-order valence-corrected chi connectivity index (χ0v) is 7.99. The molecule has 11 heavy (non-hydrogen) atoms. The molecular weight excluding hydrogens is 186 g/mol. The summed E-state index contributed by atoms with van der Waals surface area (Å²) in [6.07, 6.45) is 0. The van der Waals surface area contributed by atoms with Crippen LogP contribution in [0.5, 0.6) is 0 Å². The molecule has 0 heterocycles. The number of nitrogens with one attached hydrogen (secondary N) is 1. The van der Waals surface area contributed by atoms with Crippen molar-refractivity contribution in [1.82, 2.24) is 5.32 Å². The molecule has 1 N–H and O–H groups in total. The van der Waals surface area contributed by atoms with Gasteiger partial charge in [-0.2, -0.15) is 12.6 Å². The smallest absolute Gasteiger partial charge is 0.323 e. The summed E-state index contributed by atoms with van der Waals surface area (Å²) in [5, 5.41) is 2.89. The Bertz CT molecular complexity index is 123. The van der Waals surface area contributed by atoms with Crippen LogP contribution < -0.4 is 5.32 Å². The summed E-state index contributed by atoms with van der Waals surface area (Å²) in [6, 6.07) is -0.345. The molecule has 5 heteroatoms. The quantitative estimate of drug-likeness (QED) is 0.378. The van der Waals surface area contributed by atoms with Crippen molar-refractivity contribution >= 4 is 30.2 Å². The molecule has 0 saturated heterocycles. The van der Waals surface area contributed by atoms with Crippen molar-refractivity contribution in [3.05, 3.63) is 0 Å². The molecule has 0 aromatic rings. The third kappa shape index (κ3) is 4.50. The van der Waals surface area contributed by atoms with Crippen molar-refractivity contribution in [2.45, 2.75) is 6.04 Å². The van der Waals surface area contributed by atoms with Gasteiger partial charge in [0, 0.05) is 18.2 Å². The van der Waals surface area contributed by atoms with Gasteiger partial charge in [0.25, 0.3) is 0 Å². The number of methoxy groups -OCH3 is 1. The maximum Gasteiger partial charge on any atom is 0.323 e. The zero-order valence-electron chi connectivity index (χ0n) is 6.34. The Kier molecular flexibility index (Phi) is 6.80. The second-order valence-corrected chi connectivity index (χ2v) is 2.64. The van der Waals surface area contributed by atoms with Gasteiger partial charge in [-0.3, -0.25) is 4.79 Å². The Hall–Kier alpha value is 0.0700. The van der Waals surface area contributed by atoms with E-state index in [1.807, 2.05) is 0 Å². The summed E-state index contributed by atoms with van der Waals surface area (Å²) in [6.45, 7) is 0.585. The number of hydrogen-bond donors (Lipinski definition) is 2. The van der Waals surface area contributed by atoms with Crippen LogP contribution in [0.15, 0.2) is 0 Å². The van der Waals surface area contributed by atoms with Crippen LogP contribution in [0, 0.1) is 0 Å². The van der Waals surface area contributed by atoms with E-state index in [9.17, 15) is 4.79 Å². The highest BCUT2D eigenvalue weighted by Gasteiger charge is 2.15. The second-order valence-electron chi connectivity index (χ2n) is 1.90. The van der Waals surface area contributed by atoms with E-state index < -0.39 is 0 Å². The Balaban J connectivity index is 3.65. The molecule has 0 spiro atoms. The van der Waals surface area contributed by atoms with Crippen LogP contribution in [-0.4, -0.2) is 37.3 Å². The van der Waals surface area contributed by atoms with Crippen molar-refractivity contribution in [2.24, 2.45) is 0 Å². The van der Waals surface area contributed by atoms with Gasteiger partial charge in [-0.25, -0.2) is 0 Å². The standard InChI is InChI=1S/C6H12ClNO2S/c1-10-6(9)5(4-11)8-3-2-7/h5,8,11H,2-4H2,1H3/t5-/m0/s1. The van der Waals surface area contributed by atoms with Gasteiger partial charge in [0.2, 0.25) is 0 Å². The van der Waals surface area contributed by atoms with Crippen LogP contribution in [0.25, 0.3) is 0 Å². The molecule has 0 amide bonds. The van der Waals surface area contributed by atoms with Crippen LogP contribution in [-0.2, 0) is 9.53 Å². The number of carbonyl (C=O) groups excluding carboxylic acids is 1. The lowest BCUT2D eigenvalue weighted by Gasteiger charge is -2.12. The monoisotopic (exact) mass is 197 g/mol. The fourth-order valence-corrected chi connectivity index (χ4v) is 0.981. The number of ether oxygens (including phenoxy) is 1. The molecule has 0 aliphatic carbocycles. The molecule has 0 aromatic carbocycles. The van der Waals surface area contributed by atoms with Crippen LogP contribution >= 0.6 is 24.2 Å². The van der Waals surface area contributed by atoms with Gasteiger partial charge >= 0.3 is 5.97 Å². The van der Waals surface area contributed by atoms with E-state index in [4.69, 9.17) is 11.6 Å². The Morgan fingerprint density at radius 1 is 1.82 bits per heavy atom. The molecule has 0 bridgehead atoms. The number of hydrogen-bond acceptors (Lipinski definition) is 4. The highest BCUT2D eigenvalue weighted by molar-refractivity contribution is 7.80. The number of thiol groups is 1. The largest absolute Gasteiger partial charge is 0.468 e. The van der Waals surface area contributed by atoms with Gasteiger partial charge in [-0.15, -0.1) is 11.6 Å². The molecule has 0 radical (unpaired) electrons. The average molecular weight is 198 g/mol. The van der Waals surface area contributed by atoms with Crippen molar-refractivity contribution in [3.8, 4) is 0 Å². The van der Waals surface area contributed by atoms with Gasteiger partial charge in [-0.05, 0) is 0 Å². The predicted molar refractivity (Wildman–Crippen MR) is 48.4 cm³/mol. The molecule has 1 atom stereocenters. The number of rotatable bonds is 5. The molecule has 0 unspecified atom stereocenters. The van der Waals surface area contributed by atoms with Crippen LogP contribution in [0.4, 0.5) is 0 Å². The van der Waals surface area contributed by atoms with Gasteiger partial charge in [0.1, 0.15) is 6.04 Å². The lowest BCUT2D eigenvalue weighted by molar-refractivity contribution is -0.142. The normalized spacial score (nSPS) is 12.6. The number of halogens is 1. The van der Waals surface area contributed by atoms with Crippen molar-refractivity contribution in [2.75, 3.05) is 25.3 Å². The van der Waals surface area contributed by atoms with E-state index in [1.165, 1.54) is 7.11 Å². The van der Waals surface area contributed by atoms with E-state index >= 15 is 0 Å². The highest BCUT2D eigenvalue weighted by atomic mass is 35.5. The van der Waals surface area contributed by atoms with Crippen LogP contribution in [0.1, 0.15) is 0 Å². The minimum absolute atomic E-state index is 0.301. The molecule has 0 aliphatic rings. The Morgan fingerprint density at radius 3 is 2.82 bits per heavy atom. The first-order valence-corrected chi connectivity index (χ1v) is 4.41. The maximum absolute atomic E-state index is 10.9. The van der Waals surface area contributed by atoms with Gasteiger partial charge in [0.05, 0.1) is 7.11 Å². The van der Waals surface area contributed by atoms with Gasteiger partial charge in [-0.1, -0.05) is 0 Å². The molecule has 66 valence electrons. The number of esters is 1. The van der Waals surface area contributed by atoms with E-state index in [1.54, 1.807) is 0 Å². The fourth-order valence-electron chi connectivity index (χ4n) is 0.593. The maximum atomic E-state index is 10.9. The molecule has 0 aromatic heterocycles.